The third-order valence-electron chi connectivity index (χ3n) is 2.11. The van der Waals surface area contributed by atoms with E-state index < -0.39 is 18.2 Å². The minimum absolute atomic E-state index is 0.259. The van der Waals surface area contributed by atoms with Gasteiger partial charge in [-0.05, 0) is 12.6 Å². The Kier molecular flexibility index (Phi) is 3.31. The number of hydrogen-bond donors (Lipinski definition) is 2. The third kappa shape index (κ3) is 2.27. The van der Waals surface area contributed by atoms with E-state index in [1.807, 2.05) is 0 Å². The van der Waals surface area contributed by atoms with Gasteiger partial charge in [-0.1, -0.05) is 6.07 Å². The minimum atomic E-state index is -4.75. The van der Waals surface area contributed by atoms with Crippen LogP contribution >= 0.6 is 0 Å². The Bertz CT molecular complexity index is 315. The largest absolute Gasteiger partial charge is 0.421 e. The Balaban J connectivity index is 3.13. The van der Waals surface area contributed by atoms with Gasteiger partial charge in [-0.25, -0.2) is 0 Å². The summed E-state index contributed by atoms with van der Waals surface area (Å²) in [6.45, 7) is -0.259. The third-order valence-corrected chi connectivity index (χ3v) is 2.11. The highest BCUT2D eigenvalue weighted by Crippen LogP contribution is 2.40. The molecule has 0 saturated heterocycles. The maximum absolute atomic E-state index is 12.6. The van der Waals surface area contributed by atoms with Crippen LogP contribution in [0.3, 0.4) is 0 Å². The molecule has 0 saturated carbocycles. The van der Waals surface area contributed by atoms with Gasteiger partial charge in [-0.3, -0.25) is 4.98 Å². The van der Waals surface area contributed by atoms with Crippen LogP contribution in [0.2, 0.25) is 0 Å². The molecular formula is C9H11F3N2O. The molecule has 0 bridgehead atoms. The number of aliphatic hydroxyl groups is 1. The van der Waals surface area contributed by atoms with E-state index in [1.54, 1.807) is 0 Å². The van der Waals surface area contributed by atoms with E-state index in [4.69, 9.17) is 5.73 Å². The number of aromatic nitrogens is 1. The lowest BCUT2D eigenvalue weighted by atomic mass is 9.91. The van der Waals surface area contributed by atoms with E-state index >= 15 is 0 Å². The molecule has 1 heterocycles. The summed E-state index contributed by atoms with van der Waals surface area (Å²) in [4.78, 5) is 3.55. The molecule has 15 heavy (non-hydrogen) atoms. The average Bonchev–Trinajstić information content (AvgIpc) is 2.18. The first-order chi connectivity index (χ1) is 6.92. The zero-order valence-corrected chi connectivity index (χ0v) is 7.83. The molecule has 1 rings (SSSR count). The number of halogens is 3. The van der Waals surface area contributed by atoms with Gasteiger partial charge in [0, 0.05) is 24.4 Å². The molecule has 1 unspecified atom stereocenters. The maximum Gasteiger partial charge on any atom is 0.421 e. The molecule has 1 aromatic rings. The van der Waals surface area contributed by atoms with Crippen molar-refractivity contribution in [2.75, 3.05) is 6.54 Å². The van der Waals surface area contributed by atoms with Gasteiger partial charge in [0.15, 0.2) is 5.60 Å². The summed E-state index contributed by atoms with van der Waals surface area (Å²) in [6, 6.07) is 2.51. The molecule has 6 heteroatoms. The van der Waals surface area contributed by atoms with Crippen LogP contribution in [-0.4, -0.2) is 22.8 Å². The quantitative estimate of drug-likeness (QED) is 0.804. The van der Waals surface area contributed by atoms with Crippen molar-refractivity contribution >= 4 is 0 Å². The van der Waals surface area contributed by atoms with Gasteiger partial charge in [0.1, 0.15) is 0 Å². The van der Waals surface area contributed by atoms with Crippen molar-refractivity contribution in [1.29, 1.82) is 0 Å². The molecule has 3 nitrogen and oxygen atoms in total. The number of alkyl halides is 3. The Labute approximate surface area is 84.7 Å². The van der Waals surface area contributed by atoms with E-state index in [2.05, 4.69) is 4.98 Å². The maximum atomic E-state index is 12.6. The predicted octanol–water partition coefficient (Wildman–Crippen LogP) is 1.18. The molecule has 3 N–H and O–H groups in total. The van der Waals surface area contributed by atoms with Crippen molar-refractivity contribution < 1.29 is 18.3 Å². The van der Waals surface area contributed by atoms with Gasteiger partial charge in [0.25, 0.3) is 0 Å². The van der Waals surface area contributed by atoms with Gasteiger partial charge in [0.05, 0.1) is 0 Å². The molecular weight excluding hydrogens is 209 g/mol. The molecule has 1 atom stereocenters. The lowest BCUT2D eigenvalue weighted by molar-refractivity contribution is -0.268. The van der Waals surface area contributed by atoms with E-state index in [0.717, 1.165) is 6.20 Å². The highest BCUT2D eigenvalue weighted by molar-refractivity contribution is 5.20. The second-order valence-corrected chi connectivity index (χ2v) is 3.14. The minimum Gasteiger partial charge on any atom is -0.376 e. The van der Waals surface area contributed by atoms with Crippen LogP contribution in [0.5, 0.6) is 0 Å². The Hall–Kier alpha value is -1.14. The van der Waals surface area contributed by atoms with E-state index in [1.165, 1.54) is 18.3 Å². The van der Waals surface area contributed by atoms with Gasteiger partial charge in [-0.15, -0.1) is 0 Å². The van der Waals surface area contributed by atoms with Crippen LogP contribution < -0.4 is 5.73 Å². The molecule has 0 aromatic carbocycles. The van der Waals surface area contributed by atoms with Gasteiger partial charge in [-0.2, -0.15) is 13.2 Å². The molecule has 0 aliphatic carbocycles. The SMILES string of the molecule is NCCC(O)(c1cccnc1)C(F)(F)F. The van der Waals surface area contributed by atoms with Crippen LogP contribution in [0.4, 0.5) is 13.2 Å². The molecule has 0 fully saturated rings. The molecule has 1 aromatic heterocycles. The molecule has 0 aliphatic heterocycles. The van der Waals surface area contributed by atoms with Crippen molar-refractivity contribution in [3.8, 4) is 0 Å². The van der Waals surface area contributed by atoms with Crippen molar-refractivity contribution in [2.24, 2.45) is 5.73 Å². The monoisotopic (exact) mass is 220 g/mol. The summed E-state index contributed by atoms with van der Waals surface area (Å²) in [6.07, 6.45) is -3.01. The van der Waals surface area contributed by atoms with E-state index in [9.17, 15) is 18.3 Å². The highest BCUT2D eigenvalue weighted by Gasteiger charge is 2.54. The zero-order valence-electron chi connectivity index (χ0n) is 7.83. The summed E-state index contributed by atoms with van der Waals surface area (Å²) in [5.41, 5.74) is 1.87. The molecule has 0 spiro atoms. The van der Waals surface area contributed by atoms with Crippen LogP contribution in [-0.2, 0) is 5.60 Å². The predicted molar refractivity (Wildman–Crippen MR) is 47.9 cm³/mol. The highest BCUT2D eigenvalue weighted by atomic mass is 19.4. The van der Waals surface area contributed by atoms with Crippen molar-refractivity contribution in [2.45, 2.75) is 18.2 Å². The van der Waals surface area contributed by atoms with Crippen LogP contribution in [0.15, 0.2) is 24.5 Å². The summed E-state index contributed by atoms with van der Waals surface area (Å²) in [7, 11) is 0. The first-order valence-corrected chi connectivity index (χ1v) is 4.31. The van der Waals surface area contributed by atoms with Crippen LogP contribution in [0.25, 0.3) is 0 Å². The van der Waals surface area contributed by atoms with Gasteiger partial charge in [0.2, 0.25) is 0 Å². The fourth-order valence-electron chi connectivity index (χ4n) is 1.27. The van der Waals surface area contributed by atoms with E-state index in [-0.39, 0.29) is 12.1 Å². The summed E-state index contributed by atoms with van der Waals surface area (Å²) in [5, 5.41) is 9.57. The summed E-state index contributed by atoms with van der Waals surface area (Å²) >= 11 is 0. The zero-order chi connectivity index (χ0) is 11.5. The number of pyridine rings is 1. The second kappa shape index (κ2) is 4.16. The Morgan fingerprint density at radius 1 is 1.40 bits per heavy atom. The molecule has 84 valence electrons. The fraction of sp³-hybridized carbons (Fsp3) is 0.444. The fourth-order valence-corrected chi connectivity index (χ4v) is 1.27. The summed E-state index contributed by atoms with van der Waals surface area (Å²) in [5.74, 6) is 0. The Morgan fingerprint density at radius 2 is 2.07 bits per heavy atom. The van der Waals surface area contributed by atoms with Crippen LogP contribution in [0.1, 0.15) is 12.0 Å². The number of rotatable bonds is 3. The lowest BCUT2D eigenvalue weighted by Gasteiger charge is -2.30. The van der Waals surface area contributed by atoms with Crippen molar-refractivity contribution in [3.63, 3.8) is 0 Å². The molecule has 0 aliphatic rings. The van der Waals surface area contributed by atoms with Crippen molar-refractivity contribution in [3.05, 3.63) is 30.1 Å². The number of nitrogens with two attached hydrogens (primary N) is 1. The molecule has 0 amide bonds. The van der Waals surface area contributed by atoms with Gasteiger partial charge < -0.3 is 10.8 Å². The van der Waals surface area contributed by atoms with E-state index in [0.29, 0.717) is 0 Å². The Morgan fingerprint density at radius 3 is 2.47 bits per heavy atom. The summed E-state index contributed by atoms with van der Waals surface area (Å²) < 4.78 is 37.9. The topological polar surface area (TPSA) is 59.1 Å². The molecule has 0 radical (unpaired) electrons. The lowest BCUT2D eigenvalue weighted by Crippen LogP contribution is -2.43. The second-order valence-electron chi connectivity index (χ2n) is 3.14. The average molecular weight is 220 g/mol. The smallest absolute Gasteiger partial charge is 0.376 e. The van der Waals surface area contributed by atoms with Gasteiger partial charge >= 0.3 is 6.18 Å². The van der Waals surface area contributed by atoms with Crippen molar-refractivity contribution in [1.82, 2.24) is 4.98 Å². The van der Waals surface area contributed by atoms with Crippen LogP contribution in [0, 0.1) is 0 Å². The number of nitrogens with zero attached hydrogens (tertiary/aromatic N) is 1. The number of hydrogen-bond acceptors (Lipinski definition) is 3. The standard InChI is InChI=1S/C9H11F3N2O/c10-9(11,12)8(15,3-4-13)7-2-1-5-14-6-7/h1-2,5-6,15H,3-4,13H2. The first-order valence-electron chi connectivity index (χ1n) is 4.31. The first kappa shape index (κ1) is 11.9. The normalized spacial score (nSPS) is 16.1.